The Morgan fingerprint density at radius 3 is 2.59 bits per heavy atom. The van der Waals surface area contributed by atoms with Crippen LogP contribution in [-0.4, -0.2) is 10.1 Å². The molecular weight excluding hydrogens is 212 g/mol. The van der Waals surface area contributed by atoms with Crippen molar-refractivity contribution in [3.05, 3.63) is 61.1 Å². The van der Waals surface area contributed by atoms with Crippen molar-refractivity contribution in [2.75, 3.05) is 0 Å². The molecule has 0 fully saturated rings. The third-order valence-corrected chi connectivity index (χ3v) is 2.53. The van der Waals surface area contributed by atoms with E-state index >= 15 is 0 Å². The Bertz CT molecular complexity index is 603. The maximum absolute atomic E-state index is 5.16. The molecule has 2 aromatic heterocycles. The Morgan fingerprint density at radius 1 is 0.941 bits per heavy atom. The largest absolute Gasteiger partial charge is 0.356 e. The fourth-order valence-electron chi connectivity index (χ4n) is 1.75. The summed E-state index contributed by atoms with van der Waals surface area (Å²) in [5, 5.41) is 3.71. The highest BCUT2D eigenvalue weighted by atomic mass is 16.5. The average molecular weight is 221 g/mol. The van der Waals surface area contributed by atoms with Crippen molar-refractivity contribution >= 4 is 0 Å². The van der Waals surface area contributed by atoms with Crippen molar-refractivity contribution in [2.45, 2.75) is 0 Å². The highest BCUT2D eigenvalue weighted by Crippen LogP contribution is 2.30. The van der Waals surface area contributed by atoms with E-state index in [4.69, 9.17) is 4.52 Å². The lowest BCUT2D eigenvalue weighted by molar-refractivity contribution is 0.432. The van der Waals surface area contributed by atoms with Crippen LogP contribution in [0.15, 0.2) is 59.4 Å². The highest BCUT2D eigenvalue weighted by molar-refractivity contribution is 5.79. The van der Waals surface area contributed by atoms with Crippen LogP contribution < -0.4 is 0 Å². The van der Waals surface area contributed by atoms with Gasteiger partial charge in [-0.05, 0) is 17.2 Å². The number of pyridine rings is 1. The molecular formula is C14H9N2O. The van der Waals surface area contributed by atoms with Gasteiger partial charge >= 0.3 is 0 Å². The molecule has 17 heavy (non-hydrogen) atoms. The fourth-order valence-corrected chi connectivity index (χ4v) is 1.75. The summed E-state index contributed by atoms with van der Waals surface area (Å²) in [7, 11) is 0. The Kier molecular flexibility index (Phi) is 2.43. The molecule has 0 bridgehead atoms. The molecule has 0 unspecified atom stereocenters. The SMILES string of the molecule is [c]1nccc(-c2ccccc2)c1-c1ccno1. The molecule has 81 valence electrons. The number of benzene rings is 1. The van der Waals surface area contributed by atoms with Crippen molar-refractivity contribution < 1.29 is 4.52 Å². The molecule has 3 aromatic rings. The minimum absolute atomic E-state index is 0.678. The van der Waals surface area contributed by atoms with Crippen LogP contribution in [0.3, 0.4) is 0 Å². The summed E-state index contributed by atoms with van der Waals surface area (Å²) in [5.74, 6) is 0.678. The van der Waals surface area contributed by atoms with Crippen LogP contribution in [0.4, 0.5) is 0 Å². The number of hydrogen-bond acceptors (Lipinski definition) is 3. The van der Waals surface area contributed by atoms with E-state index in [0.29, 0.717) is 5.76 Å². The van der Waals surface area contributed by atoms with E-state index in [-0.39, 0.29) is 0 Å². The molecule has 3 rings (SSSR count). The second kappa shape index (κ2) is 4.22. The van der Waals surface area contributed by atoms with Crippen LogP contribution in [0.5, 0.6) is 0 Å². The van der Waals surface area contributed by atoms with Gasteiger partial charge in [-0.15, -0.1) is 0 Å². The first kappa shape index (κ1) is 9.78. The van der Waals surface area contributed by atoms with Gasteiger partial charge in [0.1, 0.15) is 6.20 Å². The van der Waals surface area contributed by atoms with E-state index in [1.54, 1.807) is 18.5 Å². The van der Waals surface area contributed by atoms with Crippen LogP contribution in [-0.2, 0) is 0 Å². The van der Waals surface area contributed by atoms with Crippen molar-refractivity contribution in [2.24, 2.45) is 0 Å². The molecule has 1 aromatic carbocycles. The van der Waals surface area contributed by atoms with Gasteiger partial charge in [0, 0.05) is 12.3 Å². The van der Waals surface area contributed by atoms with Gasteiger partial charge in [-0.3, -0.25) is 4.98 Å². The standard InChI is InChI=1S/C14H9N2O/c1-2-4-11(5-3-1)12-6-8-15-10-13(12)14-7-9-16-17-14/h1-9H. The highest BCUT2D eigenvalue weighted by Gasteiger charge is 2.10. The van der Waals surface area contributed by atoms with Crippen molar-refractivity contribution in [1.29, 1.82) is 0 Å². The second-order valence-corrected chi connectivity index (χ2v) is 3.59. The zero-order valence-corrected chi connectivity index (χ0v) is 9.00. The first-order chi connectivity index (χ1) is 8.45. The maximum Gasteiger partial charge on any atom is 0.169 e. The first-order valence-corrected chi connectivity index (χ1v) is 5.28. The van der Waals surface area contributed by atoms with Gasteiger partial charge in [0.05, 0.1) is 11.8 Å². The monoisotopic (exact) mass is 221 g/mol. The zero-order chi connectivity index (χ0) is 11.5. The maximum atomic E-state index is 5.16. The van der Waals surface area contributed by atoms with E-state index < -0.39 is 0 Å². The van der Waals surface area contributed by atoms with Crippen LogP contribution in [0.25, 0.3) is 22.5 Å². The lowest BCUT2D eigenvalue weighted by Crippen LogP contribution is -1.85. The number of rotatable bonds is 2. The van der Waals surface area contributed by atoms with E-state index in [9.17, 15) is 0 Å². The summed E-state index contributed by atoms with van der Waals surface area (Å²) in [4.78, 5) is 4.01. The molecule has 0 spiro atoms. The van der Waals surface area contributed by atoms with E-state index in [2.05, 4.69) is 16.3 Å². The van der Waals surface area contributed by atoms with Crippen LogP contribution >= 0.6 is 0 Å². The zero-order valence-electron chi connectivity index (χ0n) is 9.00. The minimum Gasteiger partial charge on any atom is -0.356 e. The summed E-state index contributed by atoms with van der Waals surface area (Å²) in [6, 6.07) is 13.8. The molecule has 0 aliphatic heterocycles. The van der Waals surface area contributed by atoms with E-state index in [0.717, 1.165) is 16.7 Å². The number of nitrogens with zero attached hydrogens (tertiary/aromatic N) is 2. The van der Waals surface area contributed by atoms with Gasteiger partial charge in [0.15, 0.2) is 5.76 Å². The summed E-state index contributed by atoms with van der Waals surface area (Å²) in [5.41, 5.74) is 2.98. The van der Waals surface area contributed by atoms with Gasteiger partial charge in [-0.2, -0.15) is 0 Å². The molecule has 3 nitrogen and oxygen atoms in total. The van der Waals surface area contributed by atoms with Gasteiger partial charge in [-0.1, -0.05) is 35.5 Å². The Balaban J connectivity index is 2.18. The Hall–Kier alpha value is -2.42. The number of hydrogen-bond donors (Lipinski definition) is 0. The first-order valence-electron chi connectivity index (χ1n) is 5.28. The third kappa shape index (κ3) is 1.83. The summed E-state index contributed by atoms with van der Waals surface area (Å²) < 4.78 is 5.16. The molecule has 0 saturated carbocycles. The van der Waals surface area contributed by atoms with Crippen LogP contribution in [0.2, 0.25) is 0 Å². The molecule has 2 heterocycles. The predicted molar refractivity (Wildman–Crippen MR) is 64.0 cm³/mol. The van der Waals surface area contributed by atoms with Crippen molar-refractivity contribution in [3.63, 3.8) is 0 Å². The number of aromatic nitrogens is 2. The topological polar surface area (TPSA) is 38.9 Å². The van der Waals surface area contributed by atoms with Gasteiger partial charge < -0.3 is 4.52 Å². The summed E-state index contributed by atoms with van der Waals surface area (Å²) in [6.45, 7) is 0. The molecule has 1 radical (unpaired) electrons. The normalized spacial score (nSPS) is 10.4. The van der Waals surface area contributed by atoms with Gasteiger partial charge in [-0.25, -0.2) is 0 Å². The quantitative estimate of drug-likeness (QED) is 0.667. The molecule has 0 saturated heterocycles. The minimum atomic E-state index is 0.678. The average Bonchev–Trinajstić information content (AvgIpc) is 2.94. The lowest BCUT2D eigenvalue weighted by atomic mass is 10.0. The van der Waals surface area contributed by atoms with E-state index in [1.807, 2.05) is 36.4 Å². The molecule has 3 heteroatoms. The Morgan fingerprint density at radius 2 is 1.82 bits per heavy atom. The summed E-state index contributed by atoms with van der Waals surface area (Å²) in [6.07, 6.45) is 6.29. The predicted octanol–water partition coefficient (Wildman–Crippen LogP) is 3.20. The molecule has 0 amide bonds. The van der Waals surface area contributed by atoms with Crippen LogP contribution in [0.1, 0.15) is 0 Å². The third-order valence-electron chi connectivity index (χ3n) is 2.53. The van der Waals surface area contributed by atoms with E-state index in [1.165, 1.54) is 0 Å². The molecule has 0 atom stereocenters. The molecule has 0 aliphatic carbocycles. The molecule has 0 aliphatic rings. The second-order valence-electron chi connectivity index (χ2n) is 3.59. The smallest absolute Gasteiger partial charge is 0.169 e. The Labute approximate surface area is 98.7 Å². The lowest BCUT2D eigenvalue weighted by Gasteiger charge is -2.05. The van der Waals surface area contributed by atoms with Crippen LogP contribution in [0, 0.1) is 6.20 Å². The summed E-state index contributed by atoms with van der Waals surface area (Å²) >= 11 is 0. The fraction of sp³-hybridized carbons (Fsp3) is 0. The van der Waals surface area contributed by atoms with Crippen molar-refractivity contribution in [1.82, 2.24) is 10.1 Å². The molecule has 0 N–H and O–H groups in total. The van der Waals surface area contributed by atoms with Crippen molar-refractivity contribution in [3.8, 4) is 22.5 Å². The van der Waals surface area contributed by atoms with Gasteiger partial charge in [0.25, 0.3) is 0 Å². The van der Waals surface area contributed by atoms with Gasteiger partial charge in [0.2, 0.25) is 0 Å².